The fraction of sp³-hybridized carbons (Fsp3) is 0.500. The molecular weight excluding hydrogens is 313 g/mol. The quantitative estimate of drug-likeness (QED) is 0.755. The summed E-state index contributed by atoms with van der Waals surface area (Å²) in [5.41, 5.74) is 0.623. The Hall–Kier alpha value is -0.940. The van der Waals surface area contributed by atoms with Gasteiger partial charge in [-0.05, 0) is 42.6 Å². The molecule has 3 nitrogen and oxygen atoms in total. The molecule has 0 aliphatic heterocycles. The third kappa shape index (κ3) is 5.28. The van der Waals surface area contributed by atoms with Gasteiger partial charge in [-0.2, -0.15) is 0 Å². The van der Waals surface area contributed by atoms with Crippen LogP contribution in [0.1, 0.15) is 19.4 Å². The van der Waals surface area contributed by atoms with Gasteiger partial charge in [-0.1, -0.05) is 29.8 Å². The van der Waals surface area contributed by atoms with Gasteiger partial charge in [0.05, 0.1) is 5.92 Å². The predicted molar refractivity (Wildman–Crippen MR) is 76.6 cm³/mol. The molecule has 2 N–H and O–H groups in total. The van der Waals surface area contributed by atoms with Crippen LogP contribution in [-0.2, 0) is 11.2 Å². The van der Waals surface area contributed by atoms with Crippen LogP contribution < -0.4 is 5.32 Å². The van der Waals surface area contributed by atoms with Crippen molar-refractivity contribution >= 4 is 21.9 Å². The SMILES string of the molecule is CC(C)C(CNCCc1cc(Br)ccc1F)C(=O)O. The number of aliphatic carboxylic acids is 1. The van der Waals surface area contributed by atoms with Crippen molar-refractivity contribution in [2.45, 2.75) is 20.3 Å². The Kier molecular flexibility index (Phi) is 6.45. The standard InChI is InChI=1S/C14H19BrFNO2/c1-9(2)12(14(18)19)8-17-6-5-10-7-11(15)3-4-13(10)16/h3-4,7,9,12,17H,5-6,8H2,1-2H3,(H,18,19). The molecule has 19 heavy (non-hydrogen) atoms. The first-order valence-electron chi connectivity index (χ1n) is 6.29. The molecule has 1 aromatic rings. The van der Waals surface area contributed by atoms with Crippen molar-refractivity contribution in [2.75, 3.05) is 13.1 Å². The van der Waals surface area contributed by atoms with Crippen molar-refractivity contribution < 1.29 is 14.3 Å². The van der Waals surface area contributed by atoms with E-state index in [1.807, 2.05) is 13.8 Å². The van der Waals surface area contributed by atoms with E-state index in [0.29, 0.717) is 25.1 Å². The van der Waals surface area contributed by atoms with Gasteiger partial charge in [0.25, 0.3) is 0 Å². The molecule has 0 bridgehead atoms. The van der Waals surface area contributed by atoms with Crippen LogP contribution in [0.15, 0.2) is 22.7 Å². The van der Waals surface area contributed by atoms with Crippen LogP contribution in [-0.4, -0.2) is 24.2 Å². The molecule has 0 saturated heterocycles. The van der Waals surface area contributed by atoms with Crippen LogP contribution in [0.25, 0.3) is 0 Å². The van der Waals surface area contributed by atoms with Crippen molar-refractivity contribution in [2.24, 2.45) is 11.8 Å². The molecule has 0 aliphatic carbocycles. The first-order valence-corrected chi connectivity index (χ1v) is 7.08. The van der Waals surface area contributed by atoms with E-state index in [-0.39, 0.29) is 11.7 Å². The fourth-order valence-corrected chi connectivity index (χ4v) is 2.23. The molecule has 0 heterocycles. The number of hydrogen-bond donors (Lipinski definition) is 2. The molecule has 5 heteroatoms. The van der Waals surface area contributed by atoms with E-state index in [0.717, 1.165) is 4.47 Å². The Labute approximate surface area is 121 Å². The van der Waals surface area contributed by atoms with Crippen LogP contribution in [0.5, 0.6) is 0 Å². The highest BCUT2D eigenvalue weighted by atomic mass is 79.9. The average molecular weight is 332 g/mol. The van der Waals surface area contributed by atoms with Crippen molar-refractivity contribution in [3.63, 3.8) is 0 Å². The topological polar surface area (TPSA) is 49.3 Å². The first-order chi connectivity index (χ1) is 8.91. The second-order valence-corrected chi connectivity index (χ2v) is 5.79. The monoisotopic (exact) mass is 331 g/mol. The molecule has 1 unspecified atom stereocenters. The highest BCUT2D eigenvalue weighted by molar-refractivity contribution is 9.10. The van der Waals surface area contributed by atoms with E-state index in [2.05, 4.69) is 21.2 Å². The zero-order valence-corrected chi connectivity index (χ0v) is 12.7. The van der Waals surface area contributed by atoms with Crippen LogP contribution in [0.2, 0.25) is 0 Å². The molecule has 0 radical (unpaired) electrons. The molecule has 106 valence electrons. The second kappa shape index (κ2) is 7.60. The highest BCUT2D eigenvalue weighted by Gasteiger charge is 2.20. The summed E-state index contributed by atoms with van der Waals surface area (Å²) in [4.78, 5) is 11.0. The third-order valence-corrected chi connectivity index (χ3v) is 3.56. The Morgan fingerprint density at radius 1 is 1.47 bits per heavy atom. The van der Waals surface area contributed by atoms with Gasteiger partial charge in [-0.25, -0.2) is 4.39 Å². The number of carboxylic acid groups (broad SMARTS) is 1. The normalized spacial score (nSPS) is 12.7. The van der Waals surface area contributed by atoms with Crippen LogP contribution in [0, 0.1) is 17.7 Å². The minimum atomic E-state index is -0.795. The third-order valence-electron chi connectivity index (χ3n) is 3.07. The summed E-state index contributed by atoms with van der Waals surface area (Å²) in [6.07, 6.45) is 0.537. The summed E-state index contributed by atoms with van der Waals surface area (Å²) in [7, 11) is 0. The summed E-state index contributed by atoms with van der Waals surface area (Å²) in [5, 5.41) is 12.1. The molecule has 0 amide bonds. The van der Waals surface area contributed by atoms with Crippen molar-refractivity contribution in [1.29, 1.82) is 0 Å². The molecule has 0 saturated carbocycles. The van der Waals surface area contributed by atoms with Gasteiger partial charge in [-0.15, -0.1) is 0 Å². The second-order valence-electron chi connectivity index (χ2n) is 4.88. The van der Waals surface area contributed by atoms with Crippen LogP contribution >= 0.6 is 15.9 Å². The maximum Gasteiger partial charge on any atom is 0.308 e. The maximum atomic E-state index is 13.5. The molecule has 1 rings (SSSR count). The minimum absolute atomic E-state index is 0.0765. The van der Waals surface area contributed by atoms with E-state index in [4.69, 9.17) is 5.11 Å². The number of hydrogen-bond acceptors (Lipinski definition) is 2. The number of benzene rings is 1. The van der Waals surface area contributed by atoms with Gasteiger partial charge in [0, 0.05) is 11.0 Å². The van der Waals surface area contributed by atoms with Gasteiger partial charge in [0.2, 0.25) is 0 Å². The predicted octanol–water partition coefficient (Wildman–Crippen LogP) is 3.08. The fourth-order valence-electron chi connectivity index (χ4n) is 1.82. The number of halogens is 2. The van der Waals surface area contributed by atoms with E-state index in [1.54, 1.807) is 12.1 Å². The lowest BCUT2D eigenvalue weighted by molar-refractivity contribution is -0.143. The number of nitrogens with one attached hydrogen (secondary N) is 1. The van der Waals surface area contributed by atoms with E-state index in [1.165, 1.54) is 6.07 Å². The van der Waals surface area contributed by atoms with Crippen LogP contribution in [0.3, 0.4) is 0 Å². The van der Waals surface area contributed by atoms with E-state index in [9.17, 15) is 9.18 Å². The Balaban J connectivity index is 2.42. The van der Waals surface area contributed by atoms with Gasteiger partial charge in [0.1, 0.15) is 5.82 Å². The zero-order valence-electron chi connectivity index (χ0n) is 11.1. The van der Waals surface area contributed by atoms with E-state index >= 15 is 0 Å². The Morgan fingerprint density at radius 2 is 2.16 bits per heavy atom. The molecule has 1 atom stereocenters. The molecule has 0 spiro atoms. The zero-order chi connectivity index (χ0) is 14.4. The molecular formula is C14H19BrFNO2. The minimum Gasteiger partial charge on any atom is -0.481 e. The summed E-state index contributed by atoms with van der Waals surface area (Å²) < 4.78 is 14.3. The van der Waals surface area contributed by atoms with Gasteiger partial charge < -0.3 is 10.4 Å². The number of rotatable bonds is 7. The smallest absolute Gasteiger partial charge is 0.308 e. The largest absolute Gasteiger partial charge is 0.481 e. The van der Waals surface area contributed by atoms with Crippen LogP contribution in [0.4, 0.5) is 4.39 Å². The average Bonchev–Trinajstić information content (AvgIpc) is 2.32. The summed E-state index contributed by atoms with van der Waals surface area (Å²) in [5.74, 6) is -1.36. The lowest BCUT2D eigenvalue weighted by atomic mass is 9.96. The molecule has 0 fully saturated rings. The van der Waals surface area contributed by atoms with E-state index < -0.39 is 11.9 Å². The van der Waals surface area contributed by atoms with Crippen molar-refractivity contribution in [1.82, 2.24) is 5.32 Å². The molecule has 0 aliphatic rings. The highest BCUT2D eigenvalue weighted by Crippen LogP contribution is 2.16. The van der Waals surface area contributed by atoms with Gasteiger partial charge in [0.15, 0.2) is 0 Å². The van der Waals surface area contributed by atoms with Crippen molar-refractivity contribution in [3.8, 4) is 0 Å². The molecule has 1 aromatic carbocycles. The van der Waals surface area contributed by atoms with Crippen molar-refractivity contribution in [3.05, 3.63) is 34.1 Å². The molecule has 0 aromatic heterocycles. The number of carbonyl (C=O) groups is 1. The van der Waals surface area contributed by atoms with Gasteiger partial charge >= 0.3 is 5.97 Å². The van der Waals surface area contributed by atoms with Gasteiger partial charge in [-0.3, -0.25) is 4.79 Å². The lowest BCUT2D eigenvalue weighted by Crippen LogP contribution is -2.33. The first kappa shape index (κ1) is 16.1. The maximum absolute atomic E-state index is 13.5. The summed E-state index contributed by atoms with van der Waals surface area (Å²) in [6.45, 7) is 4.73. The Morgan fingerprint density at radius 3 is 2.74 bits per heavy atom. The lowest BCUT2D eigenvalue weighted by Gasteiger charge is -2.16. The summed E-state index contributed by atoms with van der Waals surface area (Å²) >= 11 is 3.30. The number of carboxylic acids is 1. The summed E-state index contributed by atoms with van der Waals surface area (Å²) in [6, 6.07) is 4.83. The Bertz CT molecular complexity index is 437.